The predicted octanol–water partition coefficient (Wildman–Crippen LogP) is 1.76. The fourth-order valence-corrected chi connectivity index (χ4v) is 5.12. The van der Waals surface area contributed by atoms with E-state index in [1.165, 1.54) is 15.6 Å². The number of sulfonamides is 1. The Morgan fingerprint density at radius 3 is 2.72 bits per heavy atom. The van der Waals surface area contributed by atoms with Crippen molar-refractivity contribution in [1.82, 2.24) is 9.62 Å². The molecule has 0 unspecified atom stereocenters. The highest BCUT2D eigenvalue weighted by Gasteiger charge is 2.26. The molecule has 0 aromatic carbocycles. The van der Waals surface area contributed by atoms with E-state index in [0.29, 0.717) is 18.0 Å². The average molecular weight is 308 g/mol. The van der Waals surface area contributed by atoms with E-state index < -0.39 is 10.0 Å². The van der Waals surface area contributed by atoms with Crippen molar-refractivity contribution >= 4 is 33.1 Å². The first-order valence-corrected chi connectivity index (χ1v) is 9.33. The van der Waals surface area contributed by atoms with Crippen molar-refractivity contribution < 1.29 is 8.42 Å². The van der Waals surface area contributed by atoms with Crippen LogP contribution in [-0.4, -0.2) is 45.4 Å². The Kier molecular flexibility index (Phi) is 6.13. The summed E-state index contributed by atoms with van der Waals surface area (Å²) < 4.78 is 26.5. The van der Waals surface area contributed by atoms with Crippen LogP contribution in [0.4, 0.5) is 0 Å². The summed E-state index contributed by atoms with van der Waals surface area (Å²) in [6.07, 6.45) is 1.97. The molecule has 0 saturated carbocycles. The van der Waals surface area contributed by atoms with Gasteiger partial charge in [-0.25, -0.2) is 12.7 Å². The third-order valence-electron chi connectivity index (χ3n) is 2.61. The molecule has 0 aliphatic carbocycles. The highest BCUT2D eigenvalue weighted by atomic mass is 32.2. The molecule has 1 aromatic rings. The molecule has 0 saturated heterocycles. The molecule has 1 heterocycles. The van der Waals surface area contributed by atoms with Crippen LogP contribution in [0.25, 0.3) is 0 Å². The number of nitrogens with zero attached hydrogens (tertiary/aromatic N) is 1. The average Bonchev–Trinajstić information content (AvgIpc) is 2.68. The van der Waals surface area contributed by atoms with E-state index >= 15 is 0 Å². The Balaban J connectivity index is 3.07. The van der Waals surface area contributed by atoms with Crippen molar-refractivity contribution in [3.63, 3.8) is 0 Å². The summed E-state index contributed by atoms with van der Waals surface area (Å²) in [5.41, 5.74) is 0.834. The maximum Gasteiger partial charge on any atom is 0.244 e. The molecule has 0 amide bonds. The van der Waals surface area contributed by atoms with Gasteiger partial charge in [0, 0.05) is 30.8 Å². The van der Waals surface area contributed by atoms with Crippen LogP contribution in [0.2, 0.25) is 0 Å². The molecule has 4 nitrogen and oxygen atoms in total. The van der Waals surface area contributed by atoms with Crippen molar-refractivity contribution in [1.29, 1.82) is 0 Å². The van der Waals surface area contributed by atoms with E-state index in [-0.39, 0.29) is 0 Å². The molecule has 0 aliphatic rings. The monoisotopic (exact) mass is 308 g/mol. The van der Waals surface area contributed by atoms with Gasteiger partial charge in [0.1, 0.15) is 4.90 Å². The Bertz CT molecular complexity index is 482. The maximum absolute atomic E-state index is 12.5. The summed E-state index contributed by atoms with van der Waals surface area (Å²) in [7, 11) is 0.106. The molecule has 0 spiro atoms. The van der Waals surface area contributed by atoms with Crippen LogP contribution in [0, 0.1) is 6.92 Å². The van der Waals surface area contributed by atoms with E-state index in [1.54, 1.807) is 18.8 Å². The summed E-state index contributed by atoms with van der Waals surface area (Å²) in [6.45, 7) is 2.98. The van der Waals surface area contributed by atoms with Gasteiger partial charge in [-0.15, -0.1) is 11.3 Å². The molecule has 7 heteroatoms. The molecule has 1 aromatic heterocycles. The van der Waals surface area contributed by atoms with Gasteiger partial charge in [-0.2, -0.15) is 11.8 Å². The second kappa shape index (κ2) is 6.91. The molecular formula is C11H20N2O2S3. The van der Waals surface area contributed by atoms with Gasteiger partial charge in [0.25, 0.3) is 0 Å². The van der Waals surface area contributed by atoms with E-state index in [0.717, 1.165) is 16.2 Å². The van der Waals surface area contributed by atoms with E-state index in [9.17, 15) is 8.42 Å². The van der Waals surface area contributed by atoms with Gasteiger partial charge >= 0.3 is 0 Å². The van der Waals surface area contributed by atoms with Gasteiger partial charge in [0.15, 0.2) is 0 Å². The van der Waals surface area contributed by atoms with Crippen molar-refractivity contribution in [3.8, 4) is 0 Å². The molecule has 0 atom stereocenters. The van der Waals surface area contributed by atoms with Crippen LogP contribution in [0.15, 0.2) is 10.3 Å². The van der Waals surface area contributed by atoms with E-state index in [4.69, 9.17) is 0 Å². The van der Waals surface area contributed by atoms with Crippen LogP contribution >= 0.6 is 23.1 Å². The van der Waals surface area contributed by atoms with Crippen molar-refractivity contribution in [2.24, 2.45) is 0 Å². The topological polar surface area (TPSA) is 49.4 Å². The molecule has 18 heavy (non-hydrogen) atoms. The zero-order chi connectivity index (χ0) is 13.8. The number of aryl methyl sites for hydroxylation is 1. The lowest BCUT2D eigenvalue weighted by Gasteiger charge is -2.17. The van der Waals surface area contributed by atoms with Crippen LogP contribution < -0.4 is 5.32 Å². The number of nitrogens with one attached hydrogen (secondary N) is 1. The number of rotatable bonds is 7. The predicted molar refractivity (Wildman–Crippen MR) is 80.0 cm³/mol. The Morgan fingerprint density at radius 1 is 1.50 bits per heavy atom. The summed E-state index contributed by atoms with van der Waals surface area (Å²) in [4.78, 5) is 1.36. The lowest BCUT2D eigenvalue weighted by molar-refractivity contribution is 0.487. The normalized spacial score (nSPS) is 12.3. The largest absolute Gasteiger partial charge is 0.315 e. The molecular weight excluding hydrogens is 288 g/mol. The minimum Gasteiger partial charge on any atom is -0.315 e. The smallest absolute Gasteiger partial charge is 0.244 e. The molecule has 0 radical (unpaired) electrons. The first-order chi connectivity index (χ1) is 8.45. The fraction of sp³-hybridized carbons (Fsp3) is 0.636. The Morgan fingerprint density at radius 2 is 2.17 bits per heavy atom. The Labute approximate surface area is 118 Å². The van der Waals surface area contributed by atoms with Crippen molar-refractivity contribution in [2.75, 3.05) is 32.6 Å². The SMILES string of the molecule is CNCc1scc(C)c1S(=O)(=O)N(C)CCSC. The molecule has 1 N–H and O–H groups in total. The molecule has 1 rings (SSSR count). The zero-order valence-electron chi connectivity index (χ0n) is 11.2. The fourth-order valence-electron chi connectivity index (χ4n) is 1.61. The van der Waals surface area contributed by atoms with Crippen LogP contribution in [0.3, 0.4) is 0 Å². The number of hydrogen-bond acceptors (Lipinski definition) is 5. The summed E-state index contributed by atoms with van der Waals surface area (Å²) in [5.74, 6) is 0.806. The first kappa shape index (κ1) is 16.0. The molecule has 104 valence electrons. The highest BCUT2D eigenvalue weighted by Crippen LogP contribution is 2.29. The first-order valence-electron chi connectivity index (χ1n) is 5.62. The summed E-state index contributed by atoms with van der Waals surface area (Å²) >= 11 is 3.14. The van der Waals surface area contributed by atoms with Gasteiger partial charge in [-0.3, -0.25) is 0 Å². The van der Waals surface area contributed by atoms with Crippen LogP contribution in [0.1, 0.15) is 10.4 Å². The second-order valence-electron chi connectivity index (χ2n) is 4.02. The van der Waals surface area contributed by atoms with Gasteiger partial charge in [0.05, 0.1) is 0 Å². The third-order valence-corrected chi connectivity index (χ3v) is 6.52. The quantitative estimate of drug-likeness (QED) is 0.834. The maximum atomic E-state index is 12.5. The summed E-state index contributed by atoms with van der Waals surface area (Å²) in [5, 5.41) is 4.92. The number of hydrogen-bond donors (Lipinski definition) is 1. The van der Waals surface area contributed by atoms with Gasteiger partial charge in [-0.05, 0) is 31.2 Å². The lowest BCUT2D eigenvalue weighted by Crippen LogP contribution is -2.30. The highest BCUT2D eigenvalue weighted by molar-refractivity contribution is 7.98. The lowest BCUT2D eigenvalue weighted by atomic mass is 10.3. The van der Waals surface area contributed by atoms with Gasteiger partial charge in [-0.1, -0.05) is 0 Å². The van der Waals surface area contributed by atoms with E-state index in [2.05, 4.69) is 5.32 Å². The third kappa shape index (κ3) is 3.48. The van der Waals surface area contributed by atoms with Gasteiger partial charge in [0.2, 0.25) is 10.0 Å². The Hall–Kier alpha value is -0.0800. The van der Waals surface area contributed by atoms with Crippen molar-refractivity contribution in [3.05, 3.63) is 15.8 Å². The van der Waals surface area contributed by atoms with Gasteiger partial charge < -0.3 is 5.32 Å². The number of thiophene rings is 1. The minimum atomic E-state index is -3.36. The van der Waals surface area contributed by atoms with Crippen molar-refractivity contribution in [2.45, 2.75) is 18.4 Å². The van der Waals surface area contributed by atoms with E-state index in [1.807, 2.05) is 25.6 Å². The molecule has 0 bridgehead atoms. The minimum absolute atomic E-state index is 0.477. The molecule has 0 aliphatic heterocycles. The number of thioether (sulfide) groups is 1. The standard InChI is InChI=1S/C11H20N2O2S3/c1-9-8-17-10(7-12-2)11(9)18(14,15)13(3)5-6-16-4/h8,12H,5-7H2,1-4H3. The zero-order valence-corrected chi connectivity index (χ0v) is 13.6. The second-order valence-corrected chi connectivity index (χ2v) is 7.95. The summed E-state index contributed by atoms with van der Waals surface area (Å²) in [6, 6.07) is 0. The molecule has 0 fully saturated rings. The van der Waals surface area contributed by atoms with Crippen LogP contribution in [-0.2, 0) is 16.6 Å². The van der Waals surface area contributed by atoms with Crippen LogP contribution in [0.5, 0.6) is 0 Å².